The van der Waals surface area contributed by atoms with Crippen LogP contribution in [0.4, 0.5) is 0 Å². The van der Waals surface area contributed by atoms with Gasteiger partial charge in [0.15, 0.2) is 5.96 Å². The maximum atomic E-state index is 5.53. The van der Waals surface area contributed by atoms with E-state index in [1.54, 1.807) is 0 Å². The van der Waals surface area contributed by atoms with E-state index >= 15 is 0 Å². The van der Waals surface area contributed by atoms with E-state index in [4.69, 9.17) is 4.74 Å². The van der Waals surface area contributed by atoms with Gasteiger partial charge in [0.25, 0.3) is 0 Å². The molecule has 0 saturated carbocycles. The van der Waals surface area contributed by atoms with Crippen molar-refractivity contribution in [3.8, 4) is 0 Å². The van der Waals surface area contributed by atoms with Crippen LogP contribution in [-0.4, -0.2) is 86.9 Å². The van der Waals surface area contributed by atoms with Gasteiger partial charge in [-0.25, -0.2) is 0 Å². The van der Waals surface area contributed by atoms with Crippen LogP contribution >= 0.6 is 0 Å². The number of aliphatic imine (C=N–C) groups is 1. The van der Waals surface area contributed by atoms with E-state index in [0.717, 1.165) is 44.8 Å². The van der Waals surface area contributed by atoms with Gasteiger partial charge in [0.2, 0.25) is 0 Å². The fourth-order valence-corrected chi connectivity index (χ4v) is 3.96. The molecule has 0 radical (unpaired) electrons. The van der Waals surface area contributed by atoms with E-state index < -0.39 is 0 Å². The van der Waals surface area contributed by atoms with E-state index in [2.05, 4.69) is 46.2 Å². The van der Waals surface area contributed by atoms with Gasteiger partial charge < -0.3 is 20.3 Å². The molecule has 3 atom stereocenters. The molecule has 25 heavy (non-hydrogen) atoms. The van der Waals surface area contributed by atoms with Crippen LogP contribution in [0.15, 0.2) is 4.99 Å². The van der Waals surface area contributed by atoms with Gasteiger partial charge in [-0.2, -0.15) is 0 Å². The van der Waals surface area contributed by atoms with Crippen molar-refractivity contribution in [2.75, 3.05) is 53.0 Å². The molecule has 0 aromatic heterocycles. The molecule has 0 amide bonds. The third kappa shape index (κ3) is 6.76. The third-order valence-electron chi connectivity index (χ3n) is 5.63. The van der Waals surface area contributed by atoms with Crippen molar-refractivity contribution >= 4 is 5.96 Å². The Balaban J connectivity index is 1.61. The number of rotatable bonds is 7. The maximum Gasteiger partial charge on any atom is 0.191 e. The maximum absolute atomic E-state index is 5.53. The number of hydrogen-bond donors (Lipinski definition) is 2. The van der Waals surface area contributed by atoms with E-state index in [9.17, 15) is 0 Å². The highest BCUT2D eigenvalue weighted by atomic mass is 16.5. The molecule has 0 aromatic rings. The summed E-state index contributed by atoms with van der Waals surface area (Å²) in [5.74, 6) is 0.916. The Morgan fingerprint density at radius 2 is 2.04 bits per heavy atom. The second-order valence-electron chi connectivity index (χ2n) is 7.63. The van der Waals surface area contributed by atoms with Crippen molar-refractivity contribution < 1.29 is 4.74 Å². The van der Waals surface area contributed by atoms with Gasteiger partial charge in [-0.3, -0.25) is 9.89 Å². The molecule has 3 unspecified atom stereocenters. The summed E-state index contributed by atoms with van der Waals surface area (Å²) in [6.07, 6.45) is 5.28. The van der Waals surface area contributed by atoms with Gasteiger partial charge in [-0.1, -0.05) is 6.42 Å². The summed E-state index contributed by atoms with van der Waals surface area (Å²) in [5.41, 5.74) is 0. The molecular formula is C19H39N5O. The average Bonchev–Trinajstić information content (AvgIpc) is 2.62. The predicted octanol–water partition coefficient (Wildman–Crippen LogP) is 1.53. The standard InChI is InChI=1S/C19H39N5O/c1-16-8-5-6-10-23(16)11-7-9-21-19(20-4)22-14-17(2)24-12-13-25-15-18(24)3/h16-18H,5-15H2,1-4H3,(H2,20,21,22). The molecule has 2 saturated heterocycles. The fraction of sp³-hybridized carbons (Fsp3) is 0.947. The predicted molar refractivity (Wildman–Crippen MR) is 105 cm³/mol. The summed E-state index contributed by atoms with van der Waals surface area (Å²) in [4.78, 5) is 9.50. The number of morpholine rings is 1. The first kappa shape index (κ1) is 20.5. The quantitative estimate of drug-likeness (QED) is 0.413. The minimum absolute atomic E-state index is 0.478. The molecule has 2 aliphatic rings. The van der Waals surface area contributed by atoms with Crippen molar-refractivity contribution in [2.45, 2.75) is 64.6 Å². The van der Waals surface area contributed by atoms with Crippen LogP contribution < -0.4 is 10.6 Å². The third-order valence-corrected chi connectivity index (χ3v) is 5.63. The Kier molecular flexibility index (Phi) is 8.99. The zero-order valence-corrected chi connectivity index (χ0v) is 16.8. The highest BCUT2D eigenvalue weighted by Crippen LogP contribution is 2.16. The molecule has 2 aliphatic heterocycles. The van der Waals surface area contributed by atoms with Gasteiger partial charge >= 0.3 is 0 Å². The van der Waals surface area contributed by atoms with Crippen LogP contribution in [0.2, 0.25) is 0 Å². The number of hydrogen-bond acceptors (Lipinski definition) is 4. The summed E-state index contributed by atoms with van der Waals surface area (Å²) in [6, 6.07) is 1.72. The Morgan fingerprint density at radius 3 is 2.76 bits per heavy atom. The Labute approximate surface area is 154 Å². The summed E-state index contributed by atoms with van der Waals surface area (Å²) < 4.78 is 5.53. The highest BCUT2D eigenvalue weighted by molar-refractivity contribution is 5.79. The lowest BCUT2D eigenvalue weighted by Crippen LogP contribution is -2.53. The SMILES string of the molecule is CN=C(NCCCN1CCCCC1C)NCC(C)N1CCOCC1C. The molecule has 2 heterocycles. The van der Waals surface area contributed by atoms with Crippen LogP contribution in [0.25, 0.3) is 0 Å². The molecule has 2 rings (SSSR count). The molecule has 2 N–H and O–H groups in total. The van der Waals surface area contributed by atoms with Crippen LogP contribution in [0, 0.1) is 0 Å². The van der Waals surface area contributed by atoms with E-state index in [1.165, 1.54) is 38.8 Å². The zero-order valence-electron chi connectivity index (χ0n) is 16.8. The first-order valence-electron chi connectivity index (χ1n) is 10.1. The summed E-state index contributed by atoms with van der Waals surface area (Å²) in [6.45, 7) is 13.9. The second kappa shape index (κ2) is 11.0. The molecule has 0 aromatic carbocycles. The number of likely N-dealkylation sites (tertiary alicyclic amines) is 1. The molecule has 6 heteroatoms. The lowest BCUT2D eigenvalue weighted by Gasteiger charge is -2.38. The van der Waals surface area contributed by atoms with Crippen LogP contribution in [0.3, 0.4) is 0 Å². The smallest absolute Gasteiger partial charge is 0.191 e. The van der Waals surface area contributed by atoms with Crippen LogP contribution in [0.1, 0.15) is 46.5 Å². The minimum atomic E-state index is 0.478. The topological polar surface area (TPSA) is 52.1 Å². The minimum Gasteiger partial charge on any atom is -0.379 e. The van der Waals surface area contributed by atoms with Gasteiger partial charge in [0.05, 0.1) is 13.2 Å². The van der Waals surface area contributed by atoms with Crippen molar-refractivity contribution in [3.05, 3.63) is 0 Å². The Morgan fingerprint density at radius 1 is 1.20 bits per heavy atom. The van der Waals surface area contributed by atoms with Gasteiger partial charge in [0.1, 0.15) is 0 Å². The Bertz CT molecular complexity index is 403. The summed E-state index contributed by atoms with van der Waals surface area (Å²) >= 11 is 0. The Hall–Kier alpha value is -0.850. The fourth-order valence-electron chi connectivity index (χ4n) is 3.96. The number of ether oxygens (including phenoxy) is 1. The second-order valence-corrected chi connectivity index (χ2v) is 7.63. The van der Waals surface area contributed by atoms with Crippen molar-refractivity contribution in [3.63, 3.8) is 0 Å². The average molecular weight is 354 g/mol. The molecule has 146 valence electrons. The molecule has 6 nitrogen and oxygen atoms in total. The molecule has 0 bridgehead atoms. The lowest BCUT2D eigenvalue weighted by atomic mass is 10.0. The molecule has 0 spiro atoms. The normalized spacial score (nSPS) is 27.9. The van der Waals surface area contributed by atoms with E-state index in [-0.39, 0.29) is 0 Å². The molecular weight excluding hydrogens is 314 g/mol. The zero-order chi connectivity index (χ0) is 18.1. The number of nitrogens with zero attached hydrogens (tertiary/aromatic N) is 3. The summed E-state index contributed by atoms with van der Waals surface area (Å²) in [5, 5.41) is 6.94. The van der Waals surface area contributed by atoms with Crippen molar-refractivity contribution in [1.29, 1.82) is 0 Å². The number of guanidine groups is 1. The highest BCUT2D eigenvalue weighted by Gasteiger charge is 2.23. The lowest BCUT2D eigenvalue weighted by molar-refractivity contribution is -0.0174. The number of piperidine rings is 1. The molecule has 2 fully saturated rings. The van der Waals surface area contributed by atoms with Gasteiger partial charge in [0, 0.05) is 51.4 Å². The van der Waals surface area contributed by atoms with E-state index in [0.29, 0.717) is 12.1 Å². The van der Waals surface area contributed by atoms with Crippen molar-refractivity contribution in [2.24, 2.45) is 4.99 Å². The van der Waals surface area contributed by atoms with Crippen LogP contribution in [0.5, 0.6) is 0 Å². The van der Waals surface area contributed by atoms with Gasteiger partial charge in [-0.05, 0) is 46.6 Å². The first-order valence-corrected chi connectivity index (χ1v) is 10.1. The number of nitrogens with one attached hydrogen (secondary N) is 2. The first-order chi connectivity index (χ1) is 12.1. The van der Waals surface area contributed by atoms with Crippen molar-refractivity contribution in [1.82, 2.24) is 20.4 Å². The molecule has 0 aliphatic carbocycles. The monoisotopic (exact) mass is 353 g/mol. The summed E-state index contributed by atoms with van der Waals surface area (Å²) in [7, 11) is 1.85. The van der Waals surface area contributed by atoms with Crippen LogP contribution in [-0.2, 0) is 4.74 Å². The van der Waals surface area contributed by atoms with Gasteiger partial charge in [-0.15, -0.1) is 0 Å². The largest absolute Gasteiger partial charge is 0.379 e. The van der Waals surface area contributed by atoms with E-state index in [1.807, 2.05) is 7.05 Å².